The van der Waals surface area contributed by atoms with Gasteiger partial charge in [0.2, 0.25) is 0 Å². The van der Waals surface area contributed by atoms with Crippen molar-refractivity contribution < 1.29 is 17.4 Å². The molecule has 0 aliphatic carbocycles. The van der Waals surface area contributed by atoms with Gasteiger partial charge in [0.1, 0.15) is 11.7 Å². The molecule has 0 saturated heterocycles. The van der Waals surface area contributed by atoms with Gasteiger partial charge in [-0.25, -0.2) is 0 Å². The third-order valence-electron chi connectivity index (χ3n) is 2.29. The van der Waals surface area contributed by atoms with E-state index in [1.54, 1.807) is 25.1 Å². The van der Waals surface area contributed by atoms with Gasteiger partial charge in [-0.2, -0.15) is 8.42 Å². The fourth-order valence-corrected chi connectivity index (χ4v) is 2.77. The molecular weight excluding hydrogens is 275 g/mol. The van der Waals surface area contributed by atoms with Gasteiger partial charge in [-0.15, -0.1) is 0 Å². The Kier molecular flexibility index (Phi) is 8.13. The van der Waals surface area contributed by atoms with Crippen LogP contribution < -0.4 is 0 Å². The van der Waals surface area contributed by atoms with Gasteiger partial charge in [0, 0.05) is 5.39 Å². The second kappa shape index (κ2) is 8.45. The van der Waals surface area contributed by atoms with Crippen LogP contribution in [0.15, 0.2) is 47.4 Å². The summed E-state index contributed by atoms with van der Waals surface area (Å²) in [6.07, 6.45) is 0. The Morgan fingerprint density at radius 3 is 2.26 bits per heavy atom. The Morgan fingerprint density at radius 1 is 1.05 bits per heavy atom. The van der Waals surface area contributed by atoms with Gasteiger partial charge in [0.15, 0.2) is 0 Å². The molecule has 6 heteroatoms. The first kappa shape index (κ1) is 18.3. The van der Waals surface area contributed by atoms with Crippen LogP contribution in [0, 0.1) is 0 Å². The van der Waals surface area contributed by atoms with E-state index in [9.17, 15) is 8.42 Å². The molecule has 2 rings (SSSR count). The molecule has 0 aliphatic rings. The van der Waals surface area contributed by atoms with Crippen molar-refractivity contribution in [3.05, 3.63) is 42.5 Å². The summed E-state index contributed by atoms with van der Waals surface area (Å²) < 4.78 is 28.4. The van der Waals surface area contributed by atoms with Crippen molar-refractivity contribution in [1.82, 2.24) is 0 Å². The van der Waals surface area contributed by atoms with Crippen LogP contribution in [0.3, 0.4) is 0 Å². The molecule has 0 N–H and O–H groups in total. The predicted octanol–water partition coefficient (Wildman–Crippen LogP) is 1.73. The molecule has 0 bridgehead atoms. The Morgan fingerprint density at radius 2 is 1.63 bits per heavy atom. The van der Waals surface area contributed by atoms with Crippen LogP contribution >= 0.6 is 0 Å². The van der Waals surface area contributed by atoms with Crippen molar-refractivity contribution in [3.8, 4) is 0 Å². The zero-order valence-electron chi connectivity index (χ0n) is 10.00. The number of hydrogen-bond donors (Lipinski definition) is 0. The summed E-state index contributed by atoms with van der Waals surface area (Å²) >= 11 is 0. The van der Waals surface area contributed by atoms with Crippen LogP contribution in [-0.4, -0.2) is 51.4 Å². The van der Waals surface area contributed by atoms with Gasteiger partial charge < -0.3 is 4.79 Å². The summed E-state index contributed by atoms with van der Waals surface area (Å²) in [5.74, 6) is 0. The van der Waals surface area contributed by atoms with E-state index in [0.717, 1.165) is 5.39 Å². The number of carbonyl (C=O) groups is 1. The van der Waals surface area contributed by atoms with Crippen molar-refractivity contribution in [3.63, 3.8) is 0 Å². The Balaban J connectivity index is 0.00000103. The third kappa shape index (κ3) is 4.40. The zero-order valence-corrected chi connectivity index (χ0v) is 10.8. The fraction of sp³-hybridized carbons (Fsp3) is 0.154. The van der Waals surface area contributed by atoms with Gasteiger partial charge in [-0.1, -0.05) is 36.4 Å². The fourth-order valence-electron chi connectivity index (χ4n) is 1.63. The van der Waals surface area contributed by atoms with E-state index in [4.69, 9.17) is 8.98 Å². The summed E-state index contributed by atoms with van der Waals surface area (Å²) in [5, 5.41) is 1.58. The Hall–Kier alpha value is -0.720. The van der Waals surface area contributed by atoms with Gasteiger partial charge >= 0.3 is 29.6 Å². The van der Waals surface area contributed by atoms with Crippen molar-refractivity contribution in [2.45, 2.75) is 11.8 Å². The summed E-state index contributed by atoms with van der Waals surface area (Å²) in [7, 11) is -3.64. The SMILES string of the molecule is C=O.CCOS(=O)(=O)c1cccc2ccccc12.[NaH]. The number of rotatable bonds is 3. The number of carbonyl (C=O) groups excluding carboxylic acids is 1. The van der Waals surface area contributed by atoms with Crippen LogP contribution in [-0.2, 0) is 19.1 Å². The van der Waals surface area contributed by atoms with E-state index < -0.39 is 10.1 Å². The van der Waals surface area contributed by atoms with E-state index >= 15 is 0 Å². The molecule has 0 aliphatic heterocycles. The molecule has 2 aromatic carbocycles. The average Bonchev–Trinajstić information content (AvgIpc) is 2.40. The summed E-state index contributed by atoms with van der Waals surface area (Å²) in [5.41, 5.74) is 0. The molecule has 98 valence electrons. The third-order valence-corrected chi connectivity index (χ3v) is 3.73. The van der Waals surface area contributed by atoms with Crippen LogP contribution in [0.5, 0.6) is 0 Å². The van der Waals surface area contributed by atoms with Crippen molar-refractivity contribution in [2.75, 3.05) is 6.61 Å². The van der Waals surface area contributed by atoms with Gasteiger partial charge in [-0.05, 0) is 18.4 Å². The van der Waals surface area contributed by atoms with Crippen molar-refractivity contribution in [2.24, 2.45) is 0 Å². The number of benzene rings is 2. The molecule has 0 saturated carbocycles. The van der Waals surface area contributed by atoms with Gasteiger partial charge in [-0.3, -0.25) is 4.18 Å². The molecule has 0 aromatic heterocycles. The first-order valence-electron chi connectivity index (χ1n) is 5.31. The average molecular weight is 290 g/mol. The van der Waals surface area contributed by atoms with E-state index in [0.29, 0.717) is 5.39 Å². The molecule has 0 radical (unpaired) electrons. The molecule has 0 unspecified atom stereocenters. The Bertz CT molecular complexity index is 620. The molecule has 0 heterocycles. The molecule has 0 atom stereocenters. The number of hydrogen-bond acceptors (Lipinski definition) is 4. The molecule has 0 fully saturated rings. The monoisotopic (exact) mass is 290 g/mol. The quantitative estimate of drug-likeness (QED) is 0.638. The van der Waals surface area contributed by atoms with Crippen molar-refractivity contribution >= 4 is 57.2 Å². The normalized spacial score (nSPS) is 10.2. The van der Waals surface area contributed by atoms with E-state index in [1.807, 2.05) is 31.1 Å². The summed E-state index contributed by atoms with van der Waals surface area (Å²) in [6, 6.07) is 12.5. The second-order valence-corrected chi connectivity index (χ2v) is 4.92. The minimum atomic E-state index is -3.64. The summed E-state index contributed by atoms with van der Waals surface area (Å²) in [4.78, 5) is 8.23. The number of fused-ring (bicyclic) bond motifs is 1. The van der Waals surface area contributed by atoms with Gasteiger partial charge in [0.25, 0.3) is 10.1 Å². The maximum absolute atomic E-state index is 11.8. The van der Waals surface area contributed by atoms with Crippen LogP contribution in [0.4, 0.5) is 0 Å². The van der Waals surface area contributed by atoms with Gasteiger partial charge in [0.05, 0.1) is 6.61 Å². The zero-order chi connectivity index (χ0) is 13.6. The Labute approximate surface area is 135 Å². The first-order valence-corrected chi connectivity index (χ1v) is 6.72. The second-order valence-electron chi connectivity index (χ2n) is 3.34. The topological polar surface area (TPSA) is 60.4 Å². The molecule has 4 nitrogen and oxygen atoms in total. The van der Waals surface area contributed by atoms with E-state index in [1.165, 1.54) is 0 Å². The first-order chi connectivity index (χ1) is 8.65. The molecule has 0 amide bonds. The molecule has 19 heavy (non-hydrogen) atoms. The van der Waals surface area contributed by atoms with Crippen LogP contribution in [0.2, 0.25) is 0 Å². The van der Waals surface area contributed by atoms with E-state index in [-0.39, 0.29) is 41.1 Å². The summed E-state index contributed by atoms with van der Waals surface area (Å²) in [6.45, 7) is 3.80. The predicted molar refractivity (Wildman–Crippen MR) is 77.0 cm³/mol. The van der Waals surface area contributed by atoms with Crippen molar-refractivity contribution in [1.29, 1.82) is 0 Å². The maximum atomic E-state index is 11.8. The molecule has 0 spiro atoms. The minimum absolute atomic E-state index is 0. The van der Waals surface area contributed by atoms with Crippen LogP contribution in [0.1, 0.15) is 6.92 Å². The standard InChI is InChI=1S/C12H12O3S.CH2O.Na.H/c1-2-15-16(13,14)12-9-5-7-10-6-3-4-8-11(10)12;1-2;;/h3-9H,2H2,1H3;1H2;;. The van der Waals surface area contributed by atoms with E-state index in [2.05, 4.69) is 0 Å². The molecular formula is C13H15NaO4S. The molecule has 2 aromatic rings. The van der Waals surface area contributed by atoms with Crippen LogP contribution in [0.25, 0.3) is 10.8 Å².